The van der Waals surface area contributed by atoms with Gasteiger partial charge in [0.05, 0.1) is 21.2 Å². The number of ether oxygens (including phenoxy) is 1. The van der Waals surface area contributed by atoms with E-state index in [-0.39, 0.29) is 11.3 Å². The summed E-state index contributed by atoms with van der Waals surface area (Å²) < 4.78 is 21.6. The first-order chi connectivity index (χ1) is 8.68. The van der Waals surface area contributed by atoms with E-state index in [0.717, 1.165) is 31.3 Å². The number of benzene rings is 1. The van der Waals surface area contributed by atoms with Crippen molar-refractivity contribution in [2.75, 3.05) is 6.61 Å². The standard InChI is InChI=1S/C12H11BrClFN2O/c13-10-11(15)8(14)5-7-6-16-17(12(7)10)9-3-1-2-4-18-9/h5-6,9H,1-4H2. The van der Waals surface area contributed by atoms with Crippen molar-refractivity contribution in [3.63, 3.8) is 0 Å². The smallest absolute Gasteiger partial charge is 0.158 e. The minimum atomic E-state index is -0.457. The maximum atomic E-state index is 13.8. The average Bonchev–Trinajstić information content (AvgIpc) is 2.81. The van der Waals surface area contributed by atoms with Crippen molar-refractivity contribution >= 4 is 38.4 Å². The Hall–Kier alpha value is -0.650. The molecule has 1 saturated heterocycles. The van der Waals surface area contributed by atoms with Gasteiger partial charge in [-0.25, -0.2) is 9.07 Å². The Morgan fingerprint density at radius 2 is 2.33 bits per heavy atom. The molecule has 0 bridgehead atoms. The van der Waals surface area contributed by atoms with E-state index in [1.165, 1.54) is 0 Å². The van der Waals surface area contributed by atoms with Crippen LogP contribution in [0, 0.1) is 5.82 Å². The van der Waals surface area contributed by atoms with Crippen molar-refractivity contribution in [3.05, 3.63) is 27.6 Å². The zero-order valence-corrected chi connectivity index (χ0v) is 11.8. The molecule has 2 aromatic rings. The fourth-order valence-corrected chi connectivity index (χ4v) is 3.20. The lowest BCUT2D eigenvalue weighted by Crippen LogP contribution is -2.19. The number of nitrogens with zero attached hydrogens (tertiary/aromatic N) is 2. The van der Waals surface area contributed by atoms with Gasteiger partial charge in [-0.05, 0) is 41.3 Å². The lowest BCUT2D eigenvalue weighted by molar-refractivity contribution is -0.0367. The molecule has 0 N–H and O–H groups in total. The fraction of sp³-hybridized carbons (Fsp3) is 0.417. The number of hydrogen-bond donors (Lipinski definition) is 0. The lowest BCUT2D eigenvalue weighted by atomic mass is 10.2. The summed E-state index contributed by atoms with van der Waals surface area (Å²) in [7, 11) is 0. The molecule has 18 heavy (non-hydrogen) atoms. The van der Waals surface area contributed by atoms with Gasteiger partial charge in [0.15, 0.2) is 12.0 Å². The predicted molar refractivity (Wildman–Crippen MR) is 71.2 cm³/mol. The summed E-state index contributed by atoms with van der Waals surface area (Å²) in [5.41, 5.74) is 0.698. The molecule has 2 heterocycles. The summed E-state index contributed by atoms with van der Waals surface area (Å²) in [5.74, 6) is -0.457. The normalized spacial score (nSPS) is 20.5. The third kappa shape index (κ3) is 1.94. The molecule has 1 atom stereocenters. The van der Waals surface area contributed by atoms with Gasteiger partial charge in [-0.15, -0.1) is 0 Å². The van der Waals surface area contributed by atoms with Gasteiger partial charge in [-0.3, -0.25) is 0 Å². The van der Waals surface area contributed by atoms with Crippen LogP contribution in [0.15, 0.2) is 16.7 Å². The van der Waals surface area contributed by atoms with Crippen LogP contribution in [0.1, 0.15) is 25.5 Å². The zero-order valence-electron chi connectivity index (χ0n) is 9.50. The van der Waals surface area contributed by atoms with Crippen LogP contribution in [0.3, 0.4) is 0 Å². The molecule has 3 rings (SSSR count). The number of rotatable bonds is 1. The van der Waals surface area contributed by atoms with Crippen LogP contribution in [0.5, 0.6) is 0 Å². The Balaban J connectivity index is 2.15. The monoisotopic (exact) mass is 332 g/mol. The van der Waals surface area contributed by atoms with Crippen LogP contribution < -0.4 is 0 Å². The molecule has 0 aliphatic carbocycles. The fourth-order valence-electron chi connectivity index (χ4n) is 2.25. The molecule has 1 aliphatic rings. The molecule has 6 heteroatoms. The summed E-state index contributed by atoms with van der Waals surface area (Å²) in [6.07, 6.45) is 4.63. The van der Waals surface area contributed by atoms with Gasteiger partial charge in [0.2, 0.25) is 0 Å². The van der Waals surface area contributed by atoms with E-state index in [0.29, 0.717) is 9.99 Å². The summed E-state index contributed by atoms with van der Waals surface area (Å²) in [5, 5.41) is 5.20. The zero-order chi connectivity index (χ0) is 12.7. The van der Waals surface area contributed by atoms with Crippen molar-refractivity contribution in [2.45, 2.75) is 25.5 Å². The molecule has 1 aromatic carbocycles. The second kappa shape index (κ2) is 4.79. The molecule has 0 saturated carbocycles. The second-order valence-electron chi connectivity index (χ2n) is 4.33. The maximum absolute atomic E-state index is 13.8. The SMILES string of the molecule is Fc1c(Cl)cc2cnn(C3CCCCO3)c2c1Br. The summed E-state index contributed by atoms with van der Waals surface area (Å²) >= 11 is 9.07. The van der Waals surface area contributed by atoms with Crippen LogP contribution in [0.2, 0.25) is 5.02 Å². The van der Waals surface area contributed by atoms with Gasteiger partial charge in [-0.2, -0.15) is 5.10 Å². The van der Waals surface area contributed by atoms with Crippen LogP contribution >= 0.6 is 27.5 Å². The highest BCUT2D eigenvalue weighted by molar-refractivity contribution is 9.10. The first kappa shape index (κ1) is 12.4. The van der Waals surface area contributed by atoms with Gasteiger partial charge in [0, 0.05) is 12.0 Å². The first-order valence-electron chi connectivity index (χ1n) is 5.81. The van der Waals surface area contributed by atoms with Crippen LogP contribution in [-0.4, -0.2) is 16.4 Å². The number of aromatic nitrogens is 2. The van der Waals surface area contributed by atoms with Crippen molar-refractivity contribution < 1.29 is 9.13 Å². The topological polar surface area (TPSA) is 27.1 Å². The average molecular weight is 334 g/mol. The number of halogens is 3. The van der Waals surface area contributed by atoms with E-state index in [9.17, 15) is 4.39 Å². The Bertz CT molecular complexity index is 595. The highest BCUT2D eigenvalue weighted by Crippen LogP contribution is 2.35. The van der Waals surface area contributed by atoms with E-state index < -0.39 is 5.82 Å². The molecule has 1 aliphatic heterocycles. The van der Waals surface area contributed by atoms with Crippen LogP contribution in [0.25, 0.3) is 10.9 Å². The Morgan fingerprint density at radius 1 is 1.50 bits per heavy atom. The molecule has 0 radical (unpaired) electrons. The molecule has 1 aromatic heterocycles. The van der Waals surface area contributed by atoms with Gasteiger partial charge < -0.3 is 4.74 Å². The van der Waals surface area contributed by atoms with Crippen molar-refractivity contribution in [1.82, 2.24) is 9.78 Å². The largest absolute Gasteiger partial charge is 0.356 e. The van der Waals surface area contributed by atoms with E-state index >= 15 is 0 Å². The lowest BCUT2D eigenvalue weighted by Gasteiger charge is -2.23. The molecule has 0 amide bonds. The second-order valence-corrected chi connectivity index (χ2v) is 5.53. The summed E-state index contributed by atoms with van der Waals surface area (Å²) in [6.45, 7) is 0.722. The van der Waals surface area contributed by atoms with Crippen LogP contribution in [-0.2, 0) is 4.74 Å². The van der Waals surface area contributed by atoms with Gasteiger partial charge in [0.25, 0.3) is 0 Å². The minimum absolute atomic E-state index is 0.0958. The third-order valence-corrected chi connectivity index (χ3v) is 4.14. The van der Waals surface area contributed by atoms with Gasteiger partial charge in [0.1, 0.15) is 0 Å². The van der Waals surface area contributed by atoms with E-state index in [2.05, 4.69) is 21.0 Å². The quantitative estimate of drug-likeness (QED) is 0.728. The highest BCUT2D eigenvalue weighted by Gasteiger charge is 2.22. The summed E-state index contributed by atoms with van der Waals surface area (Å²) in [4.78, 5) is 0. The van der Waals surface area contributed by atoms with Gasteiger partial charge >= 0.3 is 0 Å². The van der Waals surface area contributed by atoms with Crippen LogP contribution in [0.4, 0.5) is 4.39 Å². The predicted octanol–water partition coefficient (Wildman–Crippen LogP) is 4.29. The Labute approximate surface area is 117 Å². The number of hydrogen-bond acceptors (Lipinski definition) is 2. The molecule has 3 nitrogen and oxygen atoms in total. The Morgan fingerprint density at radius 3 is 3.06 bits per heavy atom. The summed E-state index contributed by atoms with van der Waals surface area (Å²) in [6, 6.07) is 1.59. The van der Waals surface area contributed by atoms with Crippen molar-refractivity contribution in [3.8, 4) is 0 Å². The molecule has 1 fully saturated rings. The van der Waals surface area contributed by atoms with Crippen molar-refractivity contribution in [2.24, 2.45) is 0 Å². The van der Waals surface area contributed by atoms with E-state index in [4.69, 9.17) is 16.3 Å². The van der Waals surface area contributed by atoms with E-state index in [1.54, 1.807) is 16.9 Å². The molecule has 0 spiro atoms. The third-order valence-electron chi connectivity index (χ3n) is 3.14. The maximum Gasteiger partial charge on any atom is 0.158 e. The van der Waals surface area contributed by atoms with Gasteiger partial charge in [-0.1, -0.05) is 11.6 Å². The molecular formula is C12H11BrClFN2O. The minimum Gasteiger partial charge on any atom is -0.356 e. The number of fused-ring (bicyclic) bond motifs is 1. The Kier molecular flexibility index (Phi) is 3.30. The first-order valence-corrected chi connectivity index (χ1v) is 6.98. The highest BCUT2D eigenvalue weighted by atomic mass is 79.9. The molecule has 1 unspecified atom stereocenters. The molecular weight excluding hydrogens is 322 g/mol. The molecule has 96 valence electrons. The van der Waals surface area contributed by atoms with E-state index in [1.807, 2.05) is 0 Å². The van der Waals surface area contributed by atoms with Crippen molar-refractivity contribution in [1.29, 1.82) is 0 Å².